The molecule has 9 nitrogen and oxygen atoms in total. The monoisotopic (exact) mass is 517 g/mol. The van der Waals surface area contributed by atoms with Crippen LogP contribution in [0.2, 0.25) is 5.02 Å². The number of amides is 1. The minimum absolute atomic E-state index is 0.103. The number of carbonyl (C=O) groups is 1. The van der Waals surface area contributed by atoms with Gasteiger partial charge in [0.05, 0.1) is 13.2 Å². The average Bonchev–Trinajstić information content (AvgIpc) is 3.36. The first-order chi connectivity index (χ1) is 18.2. The van der Waals surface area contributed by atoms with Gasteiger partial charge in [-0.15, -0.1) is 0 Å². The number of fused-ring (bicyclic) bond motifs is 1. The van der Waals surface area contributed by atoms with Crippen molar-refractivity contribution in [2.45, 2.75) is 6.54 Å². The van der Waals surface area contributed by atoms with Gasteiger partial charge >= 0.3 is 0 Å². The van der Waals surface area contributed by atoms with Crippen LogP contribution < -0.4 is 9.80 Å². The topological polar surface area (TPSA) is 79.6 Å². The van der Waals surface area contributed by atoms with E-state index in [1.807, 2.05) is 64.5 Å². The van der Waals surface area contributed by atoms with Gasteiger partial charge in [-0.2, -0.15) is 0 Å². The number of carbonyl (C=O) groups excluding carboxylic acids is 1. The number of benzene rings is 1. The molecule has 6 rings (SSSR count). The smallest absolute Gasteiger partial charge is 0.242 e. The van der Waals surface area contributed by atoms with Crippen molar-refractivity contribution in [3.63, 3.8) is 0 Å². The highest BCUT2D eigenvalue weighted by atomic mass is 35.5. The van der Waals surface area contributed by atoms with Crippen LogP contribution in [-0.4, -0.2) is 82.8 Å². The van der Waals surface area contributed by atoms with Crippen LogP contribution in [0.4, 0.5) is 11.6 Å². The van der Waals surface area contributed by atoms with Crippen LogP contribution in [0.3, 0.4) is 0 Å². The predicted octanol–water partition coefficient (Wildman–Crippen LogP) is 3.33. The Hall–Kier alpha value is -3.69. The number of halogens is 1. The molecule has 37 heavy (non-hydrogen) atoms. The van der Waals surface area contributed by atoms with Gasteiger partial charge in [0.25, 0.3) is 0 Å². The summed E-state index contributed by atoms with van der Waals surface area (Å²) in [5.74, 6) is 0.819. The lowest BCUT2D eigenvalue weighted by molar-refractivity contribution is -0.132. The maximum Gasteiger partial charge on any atom is 0.242 e. The van der Waals surface area contributed by atoms with Crippen LogP contribution in [0.1, 0.15) is 0 Å². The molecular weight excluding hydrogens is 490 g/mol. The molecule has 0 atom stereocenters. The second-order valence-electron chi connectivity index (χ2n) is 9.26. The van der Waals surface area contributed by atoms with Crippen molar-refractivity contribution in [2.24, 2.45) is 0 Å². The number of ether oxygens (including phenoxy) is 1. The number of pyridine rings is 1. The Morgan fingerprint density at radius 3 is 2.49 bits per heavy atom. The second-order valence-corrected chi connectivity index (χ2v) is 9.70. The number of nitrogens with zero attached hydrogens (tertiary/aromatic N) is 7. The van der Waals surface area contributed by atoms with Crippen molar-refractivity contribution < 1.29 is 9.53 Å². The van der Waals surface area contributed by atoms with Crippen molar-refractivity contribution in [1.82, 2.24) is 24.4 Å². The van der Waals surface area contributed by atoms with Gasteiger partial charge in [0.2, 0.25) is 11.9 Å². The number of morpholine rings is 1. The van der Waals surface area contributed by atoms with E-state index in [1.54, 1.807) is 6.20 Å². The van der Waals surface area contributed by atoms with Gasteiger partial charge in [0.1, 0.15) is 12.2 Å². The first-order valence-electron chi connectivity index (χ1n) is 12.5. The molecule has 1 aromatic carbocycles. The van der Waals surface area contributed by atoms with Crippen molar-refractivity contribution >= 4 is 40.2 Å². The lowest BCUT2D eigenvalue weighted by atomic mass is 10.1. The second kappa shape index (κ2) is 10.4. The fraction of sp³-hybridized carbons (Fsp3) is 0.333. The van der Waals surface area contributed by atoms with Crippen LogP contribution in [0.25, 0.3) is 22.2 Å². The molecule has 0 spiro atoms. The average molecular weight is 518 g/mol. The number of aromatic nitrogens is 4. The highest BCUT2D eigenvalue weighted by molar-refractivity contribution is 6.31. The Morgan fingerprint density at radius 2 is 1.70 bits per heavy atom. The number of hydrogen-bond acceptors (Lipinski definition) is 7. The summed E-state index contributed by atoms with van der Waals surface area (Å²) in [6.45, 7) is 6.03. The quantitative estimate of drug-likeness (QED) is 0.402. The molecule has 0 unspecified atom stereocenters. The van der Waals surface area contributed by atoms with Gasteiger partial charge in [0.15, 0.2) is 0 Å². The molecule has 0 saturated carbocycles. The zero-order valence-corrected chi connectivity index (χ0v) is 21.2. The van der Waals surface area contributed by atoms with E-state index in [2.05, 4.69) is 24.8 Å². The Balaban J connectivity index is 1.15. The fourth-order valence-corrected chi connectivity index (χ4v) is 5.16. The van der Waals surface area contributed by atoms with Crippen LogP contribution in [0, 0.1) is 0 Å². The fourth-order valence-electron chi connectivity index (χ4n) is 4.99. The molecule has 0 bridgehead atoms. The van der Waals surface area contributed by atoms with Crippen molar-refractivity contribution in [2.75, 3.05) is 62.3 Å². The Bertz CT molecular complexity index is 1390. The number of anilines is 2. The lowest BCUT2D eigenvalue weighted by Gasteiger charge is -2.37. The molecule has 2 aliphatic heterocycles. The van der Waals surface area contributed by atoms with Crippen LogP contribution in [-0.2, 0) is 16.1 Å². The summed E-state index contributed by atoms with van der Waals surface area (Å²) in [7, 11) is 0. The van der Waals surface area contributed by atoms with Gasteiger partial charge in [-0.3, -0.25) is 4.79 Å². The van der Waals surface area contributed by atoms with Gasteiger partial charge < -0.3 is 24.0 Å². The van der Waals surface area contributed by atoms with Gasteiger partial charge in [0, 0.05) is 91.3 Å². The molecule has 0 radical (unpaired) electrons. The maximum absolute atomic E-state index is 13.1. The van der Waals surface area contributed by atoms with E-state index in [4.69, 9.17) is 16.3 Å². The number of hydrogen-bond donors (Lipinski definition) is 0. The van der Waals surface area contributed by atoms with E-state index in [9.17, 15) is 4.79 Å². The standard InChI is InChI=1S/C27H28ClN7O2/c28-22-3-4-24(23(16-22)21-17-30-27(31-18-21)34-12-14-37-15-13-34)32-8-10-33(11-9-32)25(36)19-35-7-5-20-2-1-6-29-26(20)35/h1-7,16-18H,8-15,19H2. The van der Waals surface area contributed by atoms with Crippen molar-refractivity contribution in [1.29, 1.82) is 0 Å². The van der Waals surface area contributed by atoms with Crippen LogP contribution >= 0.6 is 11.6 Å². The first-order valence-corrected chi connectivity index (χ1v) is 12.9. The van der Waals surface area contributed by atoms with E-state index < -0.39 is 0 Å². The van der Waals surface area contributed by atoms with E-state index in [1.165, 1.54) is 0 Å². The molecule has 2 aliphatic rings. The van der Waals surface area contributed by atoms with Gasteiger partial charge in [-0.05, 0) is 36.4 Å². The SMILES string of the molecule is O=C(Cn1ccc2cccnc21)N1CCN(c2ccc(Cl)cc2-c2cnc(N3CCOCC3)nc2)CC1. The normalized spacial score (nSPS) is 16.4. The highest BCUT2D eigenvalue weighted by Gasteiger charge is 2.24. The summed E-state index contributed by atoms with van der Waals surface area (Å²) in [4.78, 5) is 33.1. The third kappa shape index (κ3) is 4.97. The molecular formula is C27H28ClN7O2. The lowest BCUT2D eigenvalue weighted by Crippen LogP contribution is -2.49. The highest BCUT2D eigenvalue weighted by Crippen LogP contribution is 2.34. The Labute approximate surface area is 220 Å². The summed E-state index contributed by atoms with van der Waals surface area (Å²) >= 11 is 6.39. The molecule has 190 valence electrons. The van der Waals surface area contributed by atoms with Crippen LogP contribution in [0.15, 0.2) is 61.2 Å². The zero-order valence-electron chi connectivity index (χ0n) is 20.5. The number of piperazine rings is 1. The molecule has 5 heterocycles. The third-order valence-corrected chi connectivity index (χ3v) is 7.24. The summed E-state index contributed by atoms with van der Waals surface area (Å²) in [5.41, 5.74) is 3.81. The maximum atomic E-state index is 13.1. The predicted molar refractivity (Wildman–Crippen MR) is 144 cm³/mol. The minimum Gasteiger partial charge on any atom is -0.378 e. The third-order valence-electron chi connectivity index (χ3n) is 7.00. The van der Waals surface area contributed by atoms with Crippen LogP contribution in [0.5, 0.6) is 0 Å². The molecule has 2 fully saturated rings. The van der Waals surface area contributed by atoms with E-state index >= 15 is 0 Å². The summed E-state index contributed by atoms with van der Waals surface area (Å²) in [6, 6.07) is 11.8. The molecule has 10 heteroatoms. The molecule has 0 N–H and O–H groups in total. The molecule has 2 saturated heterocycles. The van der Waals surface area contributed by atoms with E-state index in [0.29, 0.717) is 43.8 Å². The van der Waals surface area contributed by atoms with Crippen molar-refractivity contribution in [3.05, 3.63) is 66.2 Å². The molecule has 4 aromatic rings. The first kappa shape index (κ1) is 23.7. The minimum atomic E-state index is 0.103. The largest absolute Gasteiger partial charge is 0.378 e. The molecule has 1 amide bonds. The van der Waals surface area contributed by atoms with Crippen molar-refractivity contribution in [3.8, 4) is 11.1 Å². The summed E-state index contributed by atoms with van der Waals surface area (Å²) in [6.07, 6.45) is 7.41. The summed E-state index contributed by atoms with van der Waals surface area (Å²) < 4.78 is 7.35. The summed E-state index contributed by atoms with van der Waals surface area (Å²) in [5, 5.41) is 1.70. The Morgan fingerprint density at radius 1 is 0.919 bits per heavy atom. The molecule has 0 aliphatic carbocycles. The Kier molecular flexibility index (Phi) is 6.63. The van der Waals surface area contributed by atoms with Gasteiger partial charge in [-0.25, -0.2) is 15.0 Å². The molecule has 3 aromatic heterocycles. The van der Waals surface area contributed by atoms with Gasteiger partial charge in [-0.1, -0.05) is 11.6 Å². The van der Waals surface area contributed by atoms with E-state index in [0.717, 1.165) is 54.0 Å². The number of rotatable bonds is 5. The zero-order chi connectivity index (χ0) is 25.2. The van der Waals surface area contributed by atoms with E-state index in [-0.39, 0.29) is 5.91 Å².